The fraction of sp³-hybridized carbons (Fsp3) is 0.350. The molecule has 2 aromatic rings. The van der Waals surface area contributed by atoms with Crippen molar-refractivity contribution in [3.63, 3.8) is 0 Å². The molecule has 0 bridgehead atoms. The van der Waals surface area contributed by atoms with E-state index in [1.165, 1.54) is 18.2 Å². The third-order valence-corrected chi connectivity index (χ3v) is 3.90. The quantitative estimate of drug-likeness (QED) is 0.641. The summed E-state index contributed by atoms with van der Waals surface area (Å²) in [6.07, 6.45) is -1.97. The number of rotatable bonds is 6. The second kappa shape index (κ2) is 9.78. The predicted molar refractivity (Wildman–Crippen MR) is 100 cm³/mol. The maximum Gasteiger partial charge on any atom is 0.293 e. The molecule has 1 atom stereocenters. The van der Waals surface area contributed by atoms with Gasteiger partial charge in [-0.15, -0.1) is 0 Å². The Labute approximate surface area is 165 Å². The summed E-state index contributed by atoms with van der Waals surface area (Å²) in [5, 5.41) is 12.0. The van der Waals surface area contributed by atoms with Crippen LogP contribution in [0.15, 0.2) is 29.3 Å². The summed E-state index contributed by atoms with van der Waals surface area (Å²) < 4.78 is 39.3. The Morgan fingerprint density at radius 3 is 2.69 bits per heavy atom. The highest BCUT2D eigenvalue weighted by Crippen LogP contribution is 2.25. The largest absolute Gasteiger partial charge is 0.502 e. The Morgan fingerprint density at radius 1 is 1.34 bits per heavy atom. The van der Waals surface area contributed by atoms with Gasteiger partial charge in [0, 0.05) is 5.92 Å². The standard InChI is InChI=1S/C20H20F3N3O3/c1-11(2)3-5-13-6-4-12(8-15(13)21)7-14(19(28)24-9-16(22)23)17-18(27)20(29)26-10-25-17/h4,6,8,10-11,14,16,27H,7,9H2,1-2H3,(H,24,28)(H,25,26,29). The molecule has 0 aliphatic carbocycles. The van der Waals surface area contributed by atoms with Gasteiger partial charge < -0.3 is 15.4 Å². The number of halogens is 3. The number of carbonyl (C=O) groups is 1. The Morgan fingerprint density at radius 2 is 2.07 bits per heavy atom. The van der Waals surface area contributed by atoms with Gasteiger partial charge in [-0.1, -0.05) is 31.8 Å². The second-order valence-electron chi connectivity index (χ2n) is 6.60. The molecule has 1 aromatic carbocycles. The van der Waals surface area contributed by atoms with E-state index >= 15 is 0 Å². The average Bonchev–Trinajstić information content (AvgIpc) is 2.65. The van der Waals surface area contributed by atoms with E-state index in [2.05, 4.69) is 21.8 Å². The molecule has 0 aliphatic heterocycles. The first-order chi connectivity index (χ1) is 13.7. The summed E-state index contributed by atoms with van der Waals surface area (Å²) in [5.74, 6) is 2.06. The average molecular weight is 407 g/mol. The Hall–Kier alpha value is -3.28. The van der Waals surface area contributed by atoms with E-state index in [1.807, 2.05) is 19.2 Å². The summed E-state index contributed by atoms with van der Waals surface area (Å²) in [5.41, 5.74) is -0.647. The molecule has 29 heavy (non-hydrogen) atoms. The molecule has 9 heteroatoms. The van der Waals surface area contributed by atoms with Crippen LogP contribution in [0.5, 0.6) is 5.75 Å². The van der Waals surface area contributed by atoms with Crippen LogP contribution in [0.2, 0.25) is 0 Å². The van der Waals surface area contributed by atoms with E-state index in [-0.39, 0.29) is 23.6 Å². The van der Waals surface area contributed by atoms with Gasteiger partial charge in [0.2, 0.25) is 11.7 Å². The van der Waals surface area contributed by atoms with E-state index in [4.69, 9.17) is 0 Å². The zero-order valence-electron chi connectivity index (χ0n) is 15.8. The van der Waals surface area contributed by atoms with Gasteiger partial charge in [0.1, 0.15) is 11.5 Å². The number of carbonyl (C=O) groups excluding carboxylic acids is 1. The number of nitrogens with one attached hydrogen (secondary N) is 2. The van der Waals surface area contributed by atoms with Crippen molar-refractivity contribution in [2.45, 2.75) is 32.6 Å². The summed E-state index contributed by atoms with van der Waals surface area (Å²) >= 11 is 0. The minimum atomic E-state index is -2.78. The van der Waals surface area contributed by atoms with E-state index < -0.39 is 41.9 Å². The van der Waals surface area contributed by atoms with Gasteiger partial charge >= 0.3 is 0 Å². The molecule has 0 radical (unpaired) electrons. The summed E-state index contributed by atoms with van der Waals surface area (Å²) in [6, 6.07) is 4.15. The van der Waals surface area contributed by atoms with Crippen molar-refractivity contribution in [3.8, 4) is 17.6 Å². The number of aromatic nitrogens is 2. The van der Waals surface area contributed by atoms with Crippen molar-refractivity contribution < 1.29 is 23.1 Å². The third kappa shape index (κ3) is 6.10. The molecular weight excluding hydrogens is 387 g/mol. The van der Waals surface area contributed by atoms with Crippen molar-refractivity contribution in [3.05, 3.63) is 57.5 Å². The fourth-order valence-electron chi connectivity index (χ4n) is 2.52. The monoisotopic (exact) mass is 407 g/mol. The molecule has 1 amide bonds. The maximum atomic E-state index is 14.3. The zero-order chi connectivity index (χ0) is 21.6. The number of hydrogen-bond acceptors (Lipinski definition) is 4. The molecule has 1 unspecified atom stereocenters. The number of amides is 1. The van der Waals surface area contributed by atoms with Gasteiger partial charge in [0.05, 0.1) is 24.4 Å². The predicted octanol–water partition coefficient (Wildman–Crippen LogP) is 2.33. The minimum Gasteiger partial charge on any atom is -0.502 e. The van der Waals surface area contributed by atoms with Gasteiger partial charge in [-0.2, -0.15) is 0 Å². The van der Waals surface area contributed by atoms with Crippen LogP contribution < -0.4 is 10.9 Å². The minimum absolute atomic E-state index is 0.0576. The maximum absolute atomic E-state index is 14.3. The summed E-state index contributed by atoms with van der Waals surface area (Å²) in [7, 11) is 0. The highest BCUT2D eigenvalue weighted by molar-refractivity contribution is 5.84. The lowest BCUT2D eigenvalue weighted by molar-refractivity contribution is -0.123. The van der Waals surface area contributed by atoms with E-state index in [1.54, 1.807) is 0 Å². The molecule has 154 valence electrons. The molecule has 3 N–H and O–H groups in total. The molecule has 6 nitrogen and oxygen atoms in total. The highest BCUT2D eigenvalue weighted by Gasteiger charge is 2.27. The second-order valence-corrected chi connectivity index (χ2v) is 6.60. The molecule has 0 fully saturated rings. The van der Waals surface area contributed by atoms with Crippen molar-refractivity contribution >= 4 is 5.91 Å². The SMILES string of the molecule is CC(C)C#Cc1ccc(CC(C(=O)NCC(F)F)c2nc[nH]c(=O)c2O)cc1F. The molecule has 0 spiro atoms. The van der Waals surface area contributed by atoms with Gasteiger partial charge in [-0.25, -0.2) is 18.2 Å². The Kier molecular flexibility index (Phi) is 7.42. The van der Waals surface area contributed by atoms with Crippen molar-refractivity contribution in [1.82, 2.24) is 15.3 Å². The first kappa shape index (κ1) is 22.0. The number of H-pyrrole nitrogens is 1. The lowest BCUT2D eigenvalue weighted by Crippen LogP contribution is -2.35. The normalized spacial score (nSPS) is 11.8. The molecule has 2 rings (SSSR count). The van der Waals surface area contributed by atoms with Crippen molar-refractivity contribution in [2.24, 2.45) is 5.92 Å². The molecule has 0 saturated heterocycles. The lowest BCUT2D eigenvalue weighted by Gasteiger charge is -2.17. The fourth-order valence-corrected chi connectivity index (χ4v) is 2.52. The van der Waals surface area contributed by atoms with Gasteiger partial charge in [-0.05, 0) is 24.1 Å². The third-order valence-electron chi connectivity index (χ3n) is 3.90. The number of aromatic hydroxyl groups is 1. The number of alkyl halides is 2. The van der Waals surface area contributed by atoms with Crippen LogP contribution in [0.1, 0.15) is 36.6 Å². The number of hydrogen-bond donors (Lipinski definition) is 3. The summed E-state index contributed by atoms with van der Waals surface area (Å²) in [6.45, 7) is 2.82. The van der Waals surface area contributed by atoms with Crippen molar-refractivity contribution in [2.75, 3.05) is 6.54 Å². The number of benzene rings is 1. The van der Waals surface area contributed by atoms with Crippen LogP contribution in [0.25, 0.3) is 0 Å². The van der Waals surface area contributed by atoms with Crippen LogP contribution in [-0.4, -0.2) is 34.0 Å². The lowest BCUT2D eigenvalue weighted by atomic mass is 9.93. The van der Waals surface area contributed by atoms with Crippen LogP contribution in [0.4, 0.5) is 13.2 Å². The van der Waals surface area contributed by atoms with Gasteiger partial charge in [0.15, 0.2) is 0 Å². The first-order valence-corrected chi connectivity index (χ1v) is 8.81. The number of aromatic amines is 1. The van der Waals surface area contributed by atoms with E-state index in [0.717, 1.165) is 6.33 Å². The molecule has 0 aliphatic rings. The highest BCUT2D eigenvalue weighted by atomic mass is 19.3. The molecule has 1 aromatic heterocycles. The smallest absolute Gasteiger partial charge is 0.293 e. The zero-order valence-corrected chi connectivity index (χ0v) is 15.8. The Balaban J connectivity index is 2.36. The van der Waals surface area contributed by atoms with Gasteiger partial charge in [-0.3, -0.25) is 9.59 Å². The van der Waals surface area contributed by atoms with Crippen LogP contribution in [0.3, 0.4) is 0 Å². The van der Waals surface area contributed by atoms with Crippen molar-refractivity contribution in [1.29, 1.82) is 0 Å². The molecule has 0 saturated carbocycles. The topological polar surface area (TPSA) is 95.1 Å². The molecular formula is C20H20F3N3O3. The van der Waals surface area contributed by atoms with Crippen LogP contribution in [-0.2, 0) is 11.2 Å². The van der Waals surface area contributed by atoms with E-state index in [9.17, 15) is 27.9 Å². The Bertz CT molecular complexity index is 994. The first-order valence-electron chi connectivity index (χ1n) is 8.81. The summed E-state index contributed by atoms with van der Waals surface area (Å²) in [4.78, 5) is 30.0. The van der Waals surface area contributed by atoms with Crippen LogP contribution in [0, 0.1) is 23.6 Å². The van der Waals surface area contributed by atoms with E-state index in [0.29, 0.717) is 5.56 Å². The van der Waals surface area contributed by atoms with Gasteiger partial charge in [0.25, 0.3) is 12.0 Å². The van der Waals surface area contributed by atoms with Crippen LogP contribution >= 0.6 is 0 Å². The number of nitrogens with zero attached hydrogens (tertiary/aromatic N) is 1. The molecule has 1 heterocycles.